The highest BCUT2D eigenvalue weighted by atomic mass is 14.9. The molecule has 0 aliphatic heterocycles. The van der Waals surface area contributed by atoms with Crippen LogP contribution in [-0.2, 0) is 27.6 Å². The molecule has 9 aromatic rings. The molecule has 9 heteroatoms. The Morgan fingerprint density at radius 1 is 0.486 bits per heavy atom. The van der Waals surface area contributed by atoms with Crippen molar-refractivity contribution >= 4 is 0 Å². The summed E-state index contributed by atoms with van der Waals surface area (Å²) in [5.74, 6) is 3.81. The molecule has 10 rings (SSSR count). The van der Waals surface area contributed by atoms with Crippen molar-refractivity contribution in [3.05, 3.63) is 199 Å². The molecule has 3 aromatic carbocycles. The average Bonchev–Trinajstić information content (AvgIpc) is 3.92. The number of aromatic nitrogens is 9. The summed E-state index contributed by atoms with van der Waals surface area (Å²) in [4.78, 5) is 27.1. The normalized spacial score (nSPS) is 12.3. The minimum atomic E-state index is 0.538. The van der Waals surface area contributed by atoms with Gasteiger partial charge in [-0.2, -0.15) is 0 Å². The zero-order valence-electron chi connectivity index (χ0n) is 42.3. The fourth-order valence-electron chi connectivity index (χ4n) is 9.07. The summed E-state index contributed by atoms with van der Waals surface area (Å²) in [6, 6.07) is 42.4. The van der Waals surface area contributed by atoms with Crippen molar-refractivity contribution in [2.45, 2.75) is 79.6 Å². The van der Waals surface area contributed by atoms with E-state index in [4.69, 9.17) is 9.97 Å². The van der Waals surface area contributed by atoms with E-state index in [9.17, 15) is 0 Å². The average molecular weight is 925 g/mol. The fourth-order valence-corrected chi connectivity index (χ4v) is 9.07. The van der Waals surface area contributed by atoms with Crippen LogP contribution in [0, 0.1) is 33.6 Å². The lowest BCUT2D eigenvalue weighted by molar-refractivity contribution is -0.660. The summed E-state index contributed by atoms with van der Waals surface area (Å²) in [7, 11) is 6.24. The number of hydrogen-bond donors (Lipinski definition) is 0. The molecule has 0 saturated heterocycles. The Labute approximate surface area is 414 Å². The molecule has 1 saturated carbocycles. The highest BCUT2D eigenvalue weighted by Crippen LogP contribution is 2.33. The second kappa shape index (κ2) is 22.6. The van der Waals surface area contributed by atoms with Gasteiger partial charge in [0.1, 0.15) is 38.6 Å². The van der Waals surface area contributed by atoms with Gasteiger partial charge < -0.3 is 0 Å². The fraction of sp³-hybridized carbons (Fsp3) is 0.262. The lowest BCUT2D eigenvalue weighted by atomic mass is 10.0. The van der Waals surface area contributed by atoms with Crippen molar-refractivity contribution in [2.75, 3.05) is 0 Å². The predicted octanol–water partition coefficient (Wildman–Crippen LogP) is 12.0. The maximum atomic E-state index is 4.89. The summed E-state index contributed by atoms with van der Waals surface area (Å²) < 4.78 is 6.47. The Balaban J connectivity index is 0.000000142. The van der Waals surface area contributed by atoms with Crippen LogP contribution in [0.15, 0.2) is 165 Å². The molecule has 0 N–H and O–H groups in total. The number of nitrogens with zero attached hydrogens (tertiary/aromatic N) is 9. The highest BCUT2D eigenvalue weighted by molar-refractivity contribution is 5.71. The summed E-state index contributed by atoms with van der Waals surface area (Å²) in [6.07, 6.45) is 19.8. The predicted molar refractivity (Wildman–Crippen MR) is 281 cm³/mol. The molecule has 0 bridgehead atoms. The van der Waals surface area contributed by atoms with Crippen LogP contribution in [-0.4, -0.2) is 29.9 Å². The summed E-state index contributed by atoms with van der Waals surface area (Å²) in [5, 5.41) is 0. The van der Waals surface area contributed by atoms with Gasteiger partial charge in [0.25, 0.3) is 0 Å². The lowest BCUT2D eigenvalue weighted by Crippen LogP contribution is -2.30. The molecule has 9 nitrogen and oxygen atoms in total. The minimum absolute atomic E-state index is 0.538. The first-order chi connectivity index (χ1) is 33.9. The van der Waals surface area contributed by atoms with Crippen molar-refractivity contribution in [2.24, 2.45) is 27.1 Å². The molecule has 0 radical (unpaired) electrons. The van der Waals surface area contributed by atoms with Gasteiger partial charge >= 0.3 is 0 Å². The molecule has 0 amide bonds. The number of pyridine rings is 3. The lowest BCUT2D eigenvalue weighted by Gasteiger charge is -2.10. The molecule has 352 valence electrons. The van der Waals surface area contributed by atoms with E-state index in [0.29, 0.717) is 11.8 Å². The second-order valence-electron chi connectivity index (χ2n) is 18.9. The van der Waals surface area contributed by atoms with Crippen LogP contribution in [0.3, 0.4) is 0 Å². The molecule has 1 fully saturated rings. The summed E-state index contributed by atoms with van der Waals surface area (Å²) >= 11 is 0. The molecule has 1 aliphatic carbocycles. The summed E-state index contributed by atoms with van der Waals surface area (Å²) in [6.45, 7) is 12.7. The molecule has 0 unspecified atom stereocenters. The van der Waals surface area contributed by atoms with Crippen LogP contribution in [0.2, 0.25) is 0 Å². The van der Waals surface area contributed by atoms with Gasteiger partial charge in [-0.25, -0.2) is 43.6 Å². The first-order valence-corrected chi connectivity index (χ1v) is 24.5. The number of rotatable bonds is 9. The second-order valence-corrected chi connectivity index (χ2v) is 18.9. The zero-order valence-corrected chi connectivity index (χ0v) is 42.3. The Kier molecular flexibility index (Phi) is 15.8. The van der Waals surface area contributed by atoms with Crippen LogP contribution in [0.1, 0.15) is 79.6 Å². The quantitative estimate of drug-likeness (QED) is 0.134. The molecule has 6 aromatic heterocycles. The Morgan fingerprint density at radius 3 is 1.39 bits per heavy atom. The summed E-state index contributed by atoms with van der Waals surface area (Å²) in [5.41, 5.74) is 17.6. The molecule has 1 aliphatic rings. The third-order valence-corrected chi connectivity index (χ3v) is 13.1. The Hall–Kier alpha value is -7.65. The van der Waals surface area contributed by atoms with Crippen LogP contribution < -0.4 is 13.7 Å². The smallest absolute Gasteiger partial charge is 0.213 e. The first kappa shape index (κ1) is 48.8. The van der Waals surface area contributed by atoms with Crippen LogP contribution in [0.4, 0.5) is 0 Å². The van der Waals surface area contributed by atoms with E-state index < -0.39 is 0 Å². The van der Waals surface area contributed by atoms with Gasteiger partial charge in [-0.15, -0.1) is 0 Å². The van der Waals surface area contributed by atoms with Gasteiger partial charge in [0.2, 0.25) is 17.1 Å². The maximum absolute atomic E-state index is 4.89. The molecule has 0 atom stereocenters. The molecule has 70 heavy (non-hydrogen) atoms. The van der Waals surface area contributed by atoms with Gasteiger partial charge in [0, 0.05) is 107 Å². The van der Waals surface area contributed by atoms with Gasteiger partial charge in [-0.1, -0.05) is 81.3 Å². The van der Waals surface area contributed by atoms with Crippen LogP contribution in [0.25, 0.3) is 67.4 Å². The molecule has 6 heterocycles. The van der Waals surface area contributed by atoms with Crippen molar-refractivity contribution in [1.29, 1.82) is 0 Å². The van der Waals surface area contributed by atoms with Crippen molar-refractivity contribution in [1.82, 2.24) is 29.9 Å². The molecular weight excluding hydrogens is 859 g/mol. The van der Waals surface area contributed by atoms with Gasteiger partial charge in [0.05, 0.1) is 11.4 Å². The van der Waals surface area contributed by atoms with Gasteiger partial charge in [-0.3, -0.25) is 0 Å². The molecule has 0 spiro atoms. The van der Waals surface area contributed by atoms with Crippen molar-refractivity contribution in [3.8, 4) is 67.4 Å². The topological polar surface area (TPSA) is 89.0 Å². The highest BCUT2D eigenvalue weighted by Gasteiger charge is 2.21. The van der Waals surface area contributed by atoms with E-state index in [1.54, 1.807) is 0 Å². The van der Waals surface area contributed by atoms with E-state index in [0.717, 1.165) is 57.5 Å². The first-order valence-electron chi connectivity index (χ1n) is 24.5. The molecular formula is C61H66N9+3. The van der Waals surface area contributed by atoms with E-state index in [1.165, 1.54) is 76.1 Å². The number of hydrogen-bond acceptors (Lipinski definition) is 6. The maximum Gasteiger partial charge on any atom is 0.213 e. The number of aryl methyl sites for hydroxylation is 7. The SMILES string of the molecule is Cc1ccccc1-c1cc(-c2ccnc(C3CCCC3)n2)cc[n+]1C.Cc1ccccc1-c1cc(-c2ccnc(CC(C)C)n2)cc[n+]1C.Cc1ncc(-c2cc[n+](C)c(-c3ccccc3C)c2)cn1. The van der Waals surface area contributed by atoms with Crippen LogP contribution in [0.5, 0.6) is 0 Å². The van der Waals surface area contributed by atoms with Crippen LogP contribution >= 0.6 is 0 Å². The van der Waals surface area contributed by atoms with E-state index >= 15 is 0 Å². The van der Waals surface area contributed by atoms with Gasteiger partial charge in [0.15, 0.2) is 18.6 Å². The van der Waals surface area contributed by atoms with Crippen molar-refractivity contribution in [3.63, 3.8) is 0 Å². The largest absolute Gasteiger partial charge is 0.241 e. The van der Waals surface area contributed by atoms with Gasteiger partial charge in [-0.05, 0) is 99.0 Å². The van der Waals surface area contributed by atoms with E-state index in [2.05, 4.69) is 217 Å². The van der Waals surface area contributed by atoms with E-state index in [1.807, 2.05) is 43.8 Å². The third kappa shape index (κ3) is 12.0. The standard InChI is InChI=1S/C22H24N3.C21H24N3.C18H18N3/c1-16-7-3-6-10-19(16)21-15-18(12-14-25(21)2)20-11-13-23-22(24-20)17-8-4-5-9-17;1-15(2)13-21-22-11-9-19(23-21)17-10-12-24(4)20(14-17)18-8-6-5-7-16(18)3;1-13-6-4-5-7-17(13)18-10-15(8-9-21(18)3)16-11-19-14(2)20-12-16/h3,6-7,10-15,17H,4-5,8-9H2,1-2H3;5-12,14-15H,13H2,1-4H3;4-12H,1-3H3/q3*+1. The minimum Gasteiger partial charge on any atom is -0.241 e. The number of benzene rings is 3. The van der Waals surface area contributed by atoms with E-state index in [-0.39, 0.29) is 0 Å². The monoisotopic (exact) mass is 925 g/mol. The Bertz CT molecular complexity index is 3210. The Morgan fingerprint density at radius 2 is 0.914 bits per heavy atom. The third-order valence-electron chi connectivity index (χ3n) is 13.1. The van der Waals surface area contributed by atoms with Crippen molar-refractivity contribution < 1.29 is 13.7 Å². The zero-order chi connectivity index (χ0) is 49.1.